The van der Waals surface area contributed by atoms with Gasteiger partial charge in [-0.15, -0.1) is 0 Å². The SMILES string of the molecule is CC(C)CC(O)CNCc1ccc(C#N)o1. The topological polar surface area (TPSA) is 69.2 Å². The first-order chi connectivity index (χ1) is 7.61. The fourth-order valence-corrected chi connectivity index (χ4v) is 1.52. The molecule has 0 spiro atoms. The summed E-state index contributed by atoms with van der Waals surface area (Å²) in [7, 11) is 0. The van der Waals surface area contributed by atoms with Crippen LogP contribution in [0.25, 0.3) is 0 Å². The van der Waals surface area contributed by atoms with Crippen molar-refractivity contribution in [2.75, 3.05) is 6.54 Å². The number of hydrogen-bond acceptors (Lipinski definition) is 4. The van der Waals surface area contributed by atoms with E-state index in [1.165, 1.54) is 0 Å². The van der Waals surface area contributed by atoms with Gasteiger partial charge in [0.05, 0.1) is 12.6 Å². The summed E-state index contributed by atoms with van der Waals surface area (Å²) in [6.45, 7) is 5.24. The van der Waals surface area contributed by atoms with Gasteiger partial charge < -0.3 is 14.8 Å². The highest BCUT2D eigenvalue weighted by Crippen LogP contribution is 2.07. The third-order valence-electron chi connectivity index (χ3n) is 2.19. The zero-order valence-corrected chi connectivity index (χ0v) is 9.73. The molecule has 1 aromatic rings. The number of rotatable bonds is 6. The number of nitrogens with one attached hydrogen (secondary N) is 1. The summed E-state index contributed by atoms with van der Waals surface area (Å²) in [4.78, 5) is 0. The van der Waals surface area contributed by atoms with Crippen molar-refractivity contribution in [3.8, 4) is 6.07 Å². The molecule has 0 bridgehead atoms. The lowest BCUT2D eigenvalue weighted by Gasteiger charge is -2.13. The second-order valence-electron chi connectivity index (χ2n) is 4.29. The first-order valence-corrected chi connectivity index (χ1v) is 5.49. The Morgan fingerprint density at radius 3 is 2.81 bits per heavy atom. The Morgan fingerprint density at radius 2 is 2.25 bits per heavy atom. The van der Waals surface area contributed by atoms with Gasteiger partial charge in [-0.2, -0.15) is 5.26 Å². The maximum absolute atomic E-state index is 9.60. The minimum Gasteiger partial charge on any atom is -0.449 e. The lowest BCUT2D eigenvalue weighted by Crippen LogP contribution is -2.27. The fourth-order valence-electron chi connectivity index (χ4n) is 1.52. The van der Waals surface area contributed by atoms with Crippen LogP contribution in [0.4, 0.5) is 0 Å². The average Bonchev–Trinajstić information content (AvgIpc) is 2.64. The Balaban J connectivity index is 2.23. The molecule has 4 nitrogen and oxygen atoms in total. The zero-order valence-electron chi connectivity index (χ0n) is 9.73. The van der Waals surface area contributed by atoms with Gasteiger partial charge in [-0.25, -0.2) is 0 Å². The van der Waals surface area contributed by atoms with Crippen molar-refractivity contribution >= 4 is 0 Å². The van der Waals surface area contributed by atoms with E-state index in [2.05, 4.69) is 19.2 Å². The Labute approximate surface area is 95.9 Å². The molecule has 0 aliphatic heterocycles. The van der Waals surface area contributed by atoms with E-state index in [1.54, 1.807) is 12.1 Å². The van der Waals surface area contributed by atoms with E-state index in [0.29, 0.717) is 30.5 Å². The summed E-state index contributed by atoms with van der Waals surface area (Å²) in [5.41, 5.74) is 0. The Kier molecular flexibility index (Phi) is 5.03. The fraction of sp³-hybridized carbons (Fsp3) is 0.583. The van der Waals surface area contributed by atoms with E-state index in [-0.39, 0.29) is 6.10 Å². The molecule has 0 aromatic carbocycles. The third kappa shape index (κ3) is 4.47. The van der Waals surface area contributed by atoms with Crippen LogP contribution in [-0.4, -0.2) is 17.8 Å². The highest BCUT2D eigenvalue weighted by atomic mass is 16.3. The van der Waals surface area contributed by atoms with E-state index < -0.39 is 0 Å². The summed E-state index contributed by atoms with van der Waals surface area (Å²) in [6.07, 6.45) is 0.458. The number of nitriles is 1. The number of aliphatic hydroxyl groups is 1. The average molecular weight is 222 g/mol. The second-order valence-corrected chi connectivity index (χ2v) is 4.29. The van der Waals surface area contributed by atoms with Crippen LogP contribution < -0.4 is 5.32 Å². The molecule has 0 radical (unpaired) electrons. The van der Waals surface area contributed by atoms with E-state index in [4.69, 9.17) is 9.68 Å². The normalized spacial score (nSPS) is 12.7. The smallest absolute Gasteiger partial charge is 0.203 e. The number of aliphatic hydroxyl groups excluding tert-OH is 1. The van der Waals surface area contributed by atoms with Gasteiger partial charge in [0.1, 0.15) is 11.8 Å². The minimum absolute atomic E-state index is 0.319. The van der Waals surface area contributed by atoms with Gasteiger partial charge in [0.25, 0.3) is 0 Å². The minimum atomic E-state index is -0.328. The molecule has 2 N–H and O–H groups in total. The van der Waals surface area contributed by atoms with E-state index >= 15 is 0 Å². The Hall–Kier alpha value is -1.31. The van der Waals surface area contributed by atoms with Gasteiger partial charge in [-0.05, 0) is 24.5 Å². The zero-order chi connectivity index (χ0) is 12.0. The predicted octanol–water partition coefficient (Wildman–Crippen LogP) is 1.65. The van der Waals surface area contributed by atoms with Gasteiger partial charge in [0.2, 0.25) is 5.76 Å². The van der Waals surface area contributed by atoms with E-state index in [1.807, 2.05) is 6.07 Å². The number of furan rings is 1. The molecule has 88 valence electrons. The van der Waals surface area contributed by atoms with Crippen LogP contribution in [0.15, 0.2) is 16.5 Å². The van der Waals surface area contributed by atoms with Crippen molar-refractivity contribution in [1.82, 2.24) is 5.32 Å². The first kappa shape index (κ1) is 12.8. The van der Waals surface area contributed by atoms with Gasteiger partial charge in [0, 0.05) is 6.54 Å². The molecule has 0 saturated carbocycles. The van der Waals surface area contributed by atoms with Crippen molar-refractivity contribution in [3.05, 3.63) is 23.7 Å². The van der Waals surface area contributed by atoms with Gasteiger partial charge >= 0.3 is 0 Å². The van der Waals surface area contributed by atoms with Crippen molar-refractivity contribution in [1.29, 1.82) is 5.26 Å². The number of hydrogen-bond donors (Lipinski definition) is 2. The third-order valence-corrected chi connectivity index (χ3v) is 2.19. The van der Waals surface area contributed by atoms with Crippen molar-refractivity contribution in [2.24, 2.45) is 5.92 Å². The van der Waals surface area contributed by atoms with Gasteiger partial charge in [0.15, 0.2) is 0 Å². The number of nitrogens with zero attached hydrogens (tertiary/aromatic N) is 1. The predicted molar refractivity (Wildman–Crippen MR) is 60.6 cm³/mol. The molecule has 0 fully saturated rings. The highest BCUT2D eigenvalue weighted by Gasteiger charge is 2.07. The van der Waals surface area contributed by atoms with Crippen LogP contribution >= 0.6 is 0 Å². The maximum Gasteiger partial charge on any atom is 0.203 e. The van der Waals surface area contributed by atoms with Crippen molar-refractivity contribution in [2.45, 2.75) is 32.9 Å². The van der Waals surface area contributed by atoms with Gasteiger partial charge in [-0.3, -0.25) is 0 Å². The summed E-state index contributed by atoms with van der Waals surface area (Å²) in [5.74, 6) is 1.53. The summed E-state index contributed by atoms with van der Waals surface area (Å²) < 4.78 is 5.19. The Morgan fingerprint density at radius 1 is 1.50 bits per heavy atom. The highest BCUT2D eigenvalue weighted by molar-refractivity contribution is 5.18. The standard InChI is InChI=1S/C12H18N2O2/c1-9(2)5-10(15)7-14-8-12-4-3-11(6-13)16-12/h3-4,9-10,14-15H,5,7-8H2,1-2H3. The molecule has 1 unspecified atom stereocenters. The summed E-state index contributed by atoms with van der Waals surface area (Å²) >= 11 is 0. The van der Waals surface area contributed by atoms with Crippen molar-refractivity contribution in [3.63, 3.8) is 0 Å². The molecule has 0 saturated heterocycles. The van der Waals surface area contributed by atoms with E-state index in [9.17, 15) is 5.11 Å². The van der Waals surface area contributed by atoms with Crippen LogP contribution in [0.2, 0.25) is 0 Å². The summed E-state index contributed by atoms with van der Waals surface area (Å²) in [5, 5.41) is 21.3. The molecular formula is C12H18N2O2. The lowest BCUT2D eigenvalue weighted by molar-refractivity contribution is 0.145. The molecule has 4 heteroatoms. The molecule has 0 aliphatic rings. The van der Waals surface area contributed by atoms with Crippen LogP contribution in [0.5, 0.6) is 0 Å². The van der Waals surface area contributed by atoms with E-state index in [0.717, 1.165) is 6.42 Å². The van der Waals surface area contributed by atoms with Crippen LogP contribution in [0.3, 0.4) is 0 Å². The molecule has 1 atom stereocenters. The lowest BCUT2D eigenvalue weighted by atomic mass is 10.1. The molecule has 1 heterocycles. The molecule has 0 amide bonds. The van der Waals surface area contributed by atoms with Crippen LogP contribution in [0.1, 0.15) is 31.8 Å². The molecule has 1 aromatic heterocycles. The maximum atomic E-state index is 9.60. The second kappa shape index (κ2) is 6.31. The molecule has 0 aliphatic carbocycles. The summed E-state index contributed by atoms with van der Waals surface area (Å²) in [6, 6.07) is 5.33. The molecular weight excluding hydrogens is 204 g/mol. The van der Waals surface area contributed by atoms with Crippen LogP contribution in [0, 0.1) is 17.2 Å². The van der Waals surface area contributed by atoms with Gasteiger partial charge in [-0.1, -0.05) is 13.8 Å². The van der Waals surface area contributed by atoms with Crippen molar-refractivity contribution < 1.29 is 9.52 Å². The first-order valence-electron chi connectivity index (χ1n) is 5.49. The monoisotopic (exact) mass is 222 g/mol. The molecule has 1 rings (SSSR count). The Bertz CT molecular complexity index is 352. The molecule has 16 heavy (non-hydrogen) atoms. The van der Waals surface area contributed by atoms with Crippen LogP contribution in [-0.2, 0) is 6.54 Å². The quantitative estimate of drug-likeness (QED) is 0.767. The largest absolute Gasteiger partial charge is 0.449 e.